The quantitative estimate of drug-likeness (QED) is 0.844. The molecule has 0 bridgehead atoms. The number of carbonyl (C=O) groups is 1. The number of nitrogens with two attached hydrogens (primary N) is 1. The van der Waals surface area contributed by atoms with Gasteiger partial charge in [0.25, 0.3) is 5.91 Å². The van der Waals surface area contributed by atoms with Gasteiger partial charge in [0, 0.05) is 12.6 Å². The van der Waals surface area contributed by atoms with Crippen LogP contribution in [0, 0.1) is 0 Å². The number of nitrogen functional groups attached to an aromatic ring is 1. The molecule has 1 rings (SSSR count). The van der Waals surface area contributed by atoms with Crippen LogP contribution in [0.2, 0.25) is 0 Å². The highest BCUT2D eigenvalue weighted by molar-refractivity contribution is 5.97. The molecule has 0 aliphatic heterocycles. The van der Waals surface area contributed by atoms with Crippen LogP contribution >= 0.6 is 0 Å². The molecule has 1 unspecified atom stereocenters. The minimum Gasteiger partial charge on any atom is -0.395 e. The number of anilines is 1. The summed E-state index contributed by atoms with van der Waals surface area (Å²) in [5, 5.41) is 6.95. The van der Waals surface area contributed by atoms with Crippen LogP contribution in [0.1, 0.15) is 63.1 Å². The van der Waals surface area contributed by atoms with Crippen LogP contribution in [0.4, 0.5) is 5.69 Å². The van der Waals surface area contributed by atoms with E-state index in [1.54, 1.807) is 4.90 Å². The van der Waals surface area contributed by atoms with E-state index >= 15 is 0 Å². The topological polar surface area (TPSA) is 75.0 Å². The number of aromatic nitrogens is 2. The van der Waals surface area contributed by atoms with Crippen LogP contribution < -0.4 is 5.73 Å². The average molecular weight is 252 g/mol. The molecule has 0 fully saturated rings. The second-order valence-electron chi connectivity index (χ2n) is 4.90. The van der Waals surface area contributed by atoms with Crippen molar-refractivity contribution in [3.05, 3.63) is 11.4 Å². The van der Waals surface area contributed by atoms with Gasteiger partial charge in [-0.25, -0.2) is 0 Å². The summed E-state index contributed by atoms with van der Waals surface area (Å²) in [6.07, 6.45) is 0.918. The fourth-order valence-corrected chi connectivity index (χ4v) is 1.98. The number of rotatable bonds is 5. The van der Waals surface area contributed by atoms with Crippen LogP contribution in [0.25, 0.3) is 0 Å². The summed E-state index contributed by atoms with van der Waals surface area (Å²) in [6.45, 7) is 10.8. The lowest BCUT2D eigenvalue weighted by molar-refractivity contribution is 0.0695. The minimum atomic E-state index is -0.0903. The van der Waals surface area contributed by atoms with E-state index in [0.29, 0.717) is 17.9 Å². The Hall–Kier alpha value is -1.52. The first-order valence-electron chi connectivity index (χ1n) is 6.58. The SMILES string of the molecule is CCC(C)N(CC)C(=O)c1n[nH]c(C(C)C)c1N. The zero-order valence-electron chi connectivity index (χ0n) is 11.9. The molecular formula is C13H24N4O. The summed E-state index contributed by atoms with van der Waals surface area (Å²) in [7, 11) is 0. The molecule has 0 aliphatic rings. The maximum atomic E-state index is 12.4. The first kappa shape index (κ1) is 14.5. The number of aromatic amines is 1. The lowest BCUT2D eigenvalue weighted by Crippen LogP contribution is -2.38. The third-order valence-electron chi connectivity index (χ3n) is 3.34. The van der Waals surface area contributed by atoms with Crippen LogP contribution in [-0.4, -0.2) is 33.6 Å². The number of H-pyrrole nitrogens is 1. The summed E-state index contributed by atoms with van der Waals surface area (Å²) in [5.41, 5.74) is 7.66. The van der Waals surface area contributed by atoms with Crippen LogP contribution in [0.15, 0.2) is 0 Å². The smallest absolute Gasteiger partial charge is 0.276 e. The average Bonchev–Trinajstić information content (AvgIpc) is 2.71. The molecule has 0 saturated heterocycles. The van der Waals surface area contributed by atoms with E-state index in [-0.39, 0.29) is 17.9 Å². The summed E-state index contributed by atoms with van der Waals surface area (Å²) >= 11 is 0. The van der Waals surface area contributed by atoms with Crippen LogP contribution in [0.5, 0.6) is 0 Å². The third-order valence-corrected chi connectivity index (χ3v) is 3.34. The van der Waals surface area contributed by atoms with Crippen molar-refractivity contribution in [2.45, 2.75) is 53.0 Å². The van der Waals surface area contributed by atoms with Gasteiger partial charge in [0.05, 0.1) is 11.4 Å². The number of hydrogen-bond acceptors (Lipinski definition) is 3. The highest BCUT2D eigenvalue weighted by Crippen LogP contribution is 2.23. The van der Waals surface area contributed by atoms with Crippen molar-refractivity contribution in [1.82, 2.24) is 15.1 Å². The van der Waals surface area contributed by atoms with E-state index in [2.05, 4.69) is 17.1 Å². The minimum absolute atomic E-state index is 0.0903. The number of hydrogen-bond donors (Lipinski definition) is 2. The fourth-order valence-electron chi connectivity index (χ4n) is 1.98. The lowest BCUT2D eigenvalue weighted by Gasteiger charge is -2.26. The van der Waals surface area contributed by atoms with Gasteiger partial charge in [-0.1, -0.05) is 20.8 Å². The molecule has 5 nitrogen and oxygen atoms in total. The van der Waals surface area contributed by atoms with Crippen molar-refractivity contribution >= 4 is 11.6 Å². The Morgan fingerprint density at radius 1 is 1.39 bits per heavy atom. The van der Waals surface area contributed by atoms with Crippen molar-refractivity contribution in [3.63, 3.8) is 0 Å². The highest BCUT2D eigenvalue weighted by Gasteiger charge is 2.25. The molecule has 0 radical (unpaired) electrons. The molecule has 0 saturated carbocycles. The largest absolute Gasteiger partial charge is 0.395 e. The highest BCUT2D eigenvalue weighted by atomic mass is 16.2. The van der Waals surface area contributed by atoms with Gasteiger partial charge in [-0.15, -0.1) is 0 Å². The monoisotopic (exact) mass is 252 g/mol. The predicted octanol–water partition coefficient (Wildman–Crippen LogP) is 2.38. The second-order valence-corrected chi connectivity index (χ2v) is 4.90. The van der Waals surface area contributed by atoms with Crippen LogP contribution in [-0.2, 0) is 0 Å². The van der Waals surface area contributed by atoms with E-state index in [4.69, 9.17) is 5.73 Å². The number of nitrogens with zero attached hydrogens (tertiary/aromatic N) is 2. The van der Waals surface area contributed by atoms with E-state index < -0.39 is 0 Å². The molecular weight excluding hydrogens is 228 g/mol. The van der Waals surface area contributed by atoms with Crippen molar-refractivity contribution in [2.75, 3.05) is 12.3 Å². The van der Waals surface area contributed by atoms with Gasteiger partial charge in [0.1, 0.15) is 0 Å². The zero-order valence-corrected chi connectivity index (χ0v) is 11.9. The lowest BCUT2D eigenvalue weighted by atomic mass is 10.1. The fraction of sp³-hybridized carbons (Fsp3) is 0.692. The first-order valence-corrected chi connectivity index (χ1v) is 6.58. The van der Waals surface area contributed by atoms with Crippen molar-refractivity contribution < 1.29 is 4.79 Å². The van der Waals surface area contributed by atoms with Crippen molar-refractivity contribution in [3.8, 4) is 0 Å². The summed E-state index contributed by atoms with van der Waals surface area (Å²) in [4.78, 5) is 14.2. The second kappa shape index (κ2) is 5.89. The molecule has 1 aromatic heterocycles. The normalized spacial score (nSPS) is 12.8. The van der Waals surface area contributed by atoms with Gasteiger partial charge >= 0.3 is 0 Å². The van der Waals surface area contributed by atoms with E-state index in [1.165, 1.54) is 0 Å². The molecule has 0 spiro atoms. The van der Waals surface area contributed by atoms with Gasteiger partial charge in [-0.3, -0.25) is 9.89 Å². The summed E-state index contributed by atoms with van der Waals surface area (Å²) in [5.74, 6) is 0.144. The number of amides is 1. The molecule has 3 N–H and O–H groups in total. The van der Waals surface area contributed by atoms with Gasteiger partial charge in [-0.2, -0.15) is 5.10 Å². The standard InChI is InChI=1S/C13H24N4O/c1-6-9(5)17(7-2)13(18)12-10(14)11(8(3)4)15-16-12/h8-9H,6-7,14H2,1-5H3,(H,15,16). The van der Waals surface area contributed by atoms with E-state index in [0.717, 1.165) is 12.1 Å². The molecule has 5 heteroatoms. The van der Waals surface area contributed by atoms with Crippen LogP contribution in [0.3, 0.4) is 0 Å². The predicted molar refractivity (Wildman–Crippen MR) is 73.6 cm³/mol. The number of carbonyl (C=O) groups excluding carboxylic acids is 1. The van der Waals surface area contributed by atoms with Gasteiger partial charge in [0.15, 0.2) is 5.69 Å². The maximum absolute atomic E-state index is 12.4. The molecule has 0 aromatic carbocycles. The Balaban J connectivity index is 3.03. The number of nitrogens with one attached hydrogen (secondary N) is 1. The van der Waals surface area contributed by atoms with Gasteiger partial charge in [-0.05, 0) is 26.2 Å². The Bertz CT molecular complexity index is 411. The molecule has 0 aliphatic carbocycles. The molecule has 1 amide bonds. The molecule has 102 valence electrons. The molecule has 18 heavy (non-hydrogen) atoms. The first-order chi connectivity index (χ1) is 8.43. The Labute approximate surface area is 109 Å². The third kappa shape index (κ3) is 2.66. The van der Waals surface area contributed by atoms with Gasteiger partial charge < -0.3 is 10.6 Å². The zero-order chi connectivity index (χ0) is 13.9. The Morgan fingerprint density at radius 2 is 2.00 bits per heavy atom. The van der Waals surface area contributed by atoms with E-state index in [1.807, 2.05) is 27.7 Å². The maximum Gasteiger partial charge on any atom is 0.276 e. The van der Waals surface area contributed by atoms with Crippen molar-refractivity contribution in [2.24, 2.45) is 0 Å². The molecule has 1 atom stereocenters. The molecule has 1 heterocycles. The Kier molecular flexibility index (Phi) is 4.76. The summed E-state index contributed by atoms with van der Waals surface area (Å²) < 4.78 is 0. The molecule has 1 aromatic rings. The van der Waals surface area contributed by atoms with Crippen molar-refractivity contribution in [1.29, 1.82) is 0 Å². The van der Waals surface area contributed by atoms with Gasteiger partial charge in [0.2, 0.25) is 0 Å². The summed E-state index contributed by atoms with van der Waals surface area (Å²) in [6, 6.07) is 0.195. The van der Waals surface area contributed by atoms with E-state index in [9.17, 15) is 4.79 Å². The Morgan fingerprint density at radius 3 is 2.39 bits per heavy atom.